The van der Waals surface area contributed by atoms with Crippen LogP contribution in [0.5, 0.6) is 5.75 Å². The zero-order chi connectivity index (χ0) is 21.3. The molecule has 0 saturated heterocycles. The third kappa shape index (κ3) is 4.02. The van der Waals surface area contributed by atoms with Crippen molar-refractivity contribution in [2.75, 3.05) is 12.4 Å². The molecular weight excluding hydrogens is 400 g/mol. The summed E-state index contributed by atoms with van der Waals surface area (Å²) < 4.78 is 11.1. The number of fused-ring (bicyclic) bond motifs is 1. The number of methoxy groups -OCH3 is 1. The van der Waals surface area contributed by atoms with Crippen molar-refractivity contribution in [3.8, 4) is 17.2 Å². The van der Waals surface area contributed by atoms with Crippen molar-refractivity contribution in [2.24, 2.45) is 0 Å². The van der Waals surface area contributed by atoms with Crippen LogP contribution in [0, 0.1) is 0 Å². The van der Waals surface area contributed by atoms with Crippen LogP contribution in [0.15, 0.2) is 65.1 Å². The van der Waals surface area contributed by atoms with Gasteiger partial charge in [-0.25, -0.2) is 4.98 Å². The van der Waals surface area contributed by atoms with E-state index in [1.54, 1.807) is 43.5 Å². The number of carbonyl (C=O) groups is 1. The summed E-state index contributed by atoms with van der Waals surface area (Å²) in [5.74, 6) is 1.20. The number of nitrogens with one attached hydrogen (secondary N) is 1. The van der Waals surface area contributed by atoms with Crippen LogP contribution >= 0.6 is 11.6 Å². The van der Waals surface area contributed by atoms with Crippen LogP contribution in [-0.4, -0.2) is 18.0 Å². The van der Waals surface area contributed by atoms with E-state index in [0.717, 1.165) is 11.1 Å². The lowest BCUT2D eigenvalue weighted by atomic mass is 10.0. The maximum Gasteiger partial charge on any atom is 0.255 e. The highest BCUT2D eigenvalue weighted by Crippen LogP contribution is 2.31. The molecule has 1 amide bonds. The van der Waals surface area contributed by atoms with Gasteiger partial charge in [0.1, 0.15) is 11.3 Å². The number of oxazole rings is 1. The fourth-order valence-electron chi connectivity index (χ4n) is 3.14. The Balaban J connectivity index is 1.64. The van der Waals surface area contributed by atoms with Crippen LogP contribution in [-0.2, 0) is 0 Å². The Kier molecular flexibility index (Phi) is 5.46. The van der Waals surface area contributed by atoms with Gasteiger partial charge in [0, 0.05) is 11.1 Å². The van der Waals surface area contributed by atoms with Crippen molar-refractivity contribution >= 4 is 34.3 Å². The molecule has 4 rings (SSSR count). The number of benzene rings is 3. The minimum absolute atomic E-state index is 0.285. The summed E-state index contributed by atoms with van der Waals surface area (Å²) in [7, 11) is 1.56. The molecule has 0 atom stereocenters. The van der Waals surface area contributed by atoms with Crippen molar-refractivity contribution in [3.63, 3.8) is 0 Å². The van der Waals surface area contributed by atoms with Crippen LogP contribution in [0.3, 0.4) is 0 Å². The summed E-state index contributed by atoms with van der Waals surface area (Å²) in [6.07, 6.45) is 0. The van der Waals surface area contributed by atoms with Gasteiger partial charge in [0.2, 0.25) is 5.89 Å². The van der Waals surface area contributed by atoms with E-state index in [-0.39, 0.29) is 5.91 Å². The summed E-state index contributed by atoms with van der Waals surface area (Å²) in [5.41, 5.74) is 4.39. The summed E-state index contributed by atoms with van der Waals surface area (Å²) in [5, 5.41) is 3.27. The normalized spacial score (nSPS) is 11.1. The molecule has 0 unspecified atom stereocenters. The van der Waals surface area contributed by atoms with E-state index in [1.807, 2.05) is 24.3 Å². The predicted octanol–water partition coefficient (Wildman–Crippen LogP) is 6.53. The van der Waals surface area contributed by atoms with E-state index in [1.165, 1.54) is 5.56 Å². The van der Waals surface area contributed by atoms with Gasteiger partial charge in [0.15, 0.2) is 5.58 Å². The molecule has 3 aromatic carbocycles. The van der Waals surface area contributed by atoms with Crippen molar-refractivity contribution < 1.29 is 13.9 Å². The number of rotatable bonds is 5. The zero-order valence-corrected chi connectivity index (χ0v) is 17.7. The number of hydrogen-bond donors (Lipinski definition) is 1. The average Bonchev–Trinajstić information content (AvgIpc) is 3.18. The molecule has 5 nitrogen and oxygen atoms in total. The molecule has 1 heterocycles. The Bertz CT molecular complexity index is 1230. The molecule has 1 N–H and O–H groups in total. The standard InChI is InChI=1S/C24H21ClN2O3/c1-14(2)15-8-10-22-21(12-15)27-24(30-22)17-7-9-19(25)20(13-17)26-23(28)16-5-4-6-18(11-16)29-3/h4-14H,1-3H3,(H,26,28). The molecule has 4 aromatic rings. The van der Waals surface area contributed by atoms with Crippen LogP contribution in [0.1, 0.15) is 35.7 Å². The highest BCUT2D eigenvalue weighted by atomic mass is 35.5. The Morgan fingerprint density at radius 3 is 2.70 bits per heavy atom. The summed E-state index contributed by atoms with van der Waals surface area (Å²) >= 11 is 6.32. The topological polar surface area (TPSA) is 64.4 Å². The van der Waals surface area contributed by atoms with Crippen molar-refractivity contribution in [3.05, 3.63) is 76.8 Å². The Morgan fingerprint density at radius 2 is 1.93 bits per heavy atom. The number of ether oxygens (including phenoxy) is 1. The number of hydrogen-bond acceptors (Lipinski definition) is 4. The first-order chi connectivity index (χ1) is 14.4. The minimum Gasteiger partial charge on any atom is -0.497 e. The van der Waals surface area contributed by atoms with Gasteiger partial charge in [-0.05, 0) is 60.0 Å². The van der Waals surface area contributed by atoms with Crippen LogP contribution in [0.25, 0.3) is 22.6 Å². The molecule has 0 spiro atoms. The molecule has 152 valence electrons. The first-order valence-electron chi connectivity index (χ1n) is 9.60. The van der Waals surface area contributed by atoms with Gasteiger partial charge < -0.3 is 14.5 Å². The fourth-order valence-corrected chi connectivity index (χ4v) is 3.30. The second kappa shape index (κ2) is 8.20. The molecular formula is C24H21ClN2O3. The average molecular weight is 421 g/mol. The summed E-state index contributed by atoms with van der Waals surface area (Å²) in [6, 6.07) is 18.2. The number of amides is 1. The Hall–Kier alpha value is -3.31. The maximum atomic E-state index is 12.7. The zero-order valence-electron chi connectivity index (χ0n) is 16.9. The molecule has 0 saturated carbocycles. The summed E-state index contributed by atoms with van der Waals surface area (Å²) in [4.78, 5) is 17.3. The maximum absolute atomic E-state index is 12.7. The smallest absolute Gasteiger partial charge is 0.255 e. The monoisotopic (exact) mass is 420 g/mol. The molecule has 30 heavy (non-hydrogen) atoms. The van der Waals surface area contributed by atoms with Crippen molar-refractivity contribution in [2.45, 2.75) is 19.8 Å². The van der Waals surface area contributed by atoms with Gasteiger partial charge in [0.25, 0.3) is 5.91 Å². The number of carbonyl (C=O) groups excluding carboxylic acids is 1. The second-order valence-corrected chi connectivity index (χ2v) is 7.69. The van der Waals surface area contributed by atoms with Gasteiger partial charge in [-0.15, -0.1) is 0 Å². The minimum atomic E-state index is -0.285. The van der Waals surface area contributed by atoms with Gasteiger partial charge in [-0.3, -0.25) is 4.79 Å². The van der Waals surface area contributed by atoms with Gasteiger partial charge in [0.05, 0.1) is 17.8 Å². The van der Waals surface area contributed by atoms with E-state index >= 15 is 0 Å². The quantitative estimate of drug-likeness (QED) is 0.398. The van der Waals surface area contributed by atoms with Crippen molar-refractivity contribution in [1.29, 1.82) is 0 Å². The first kappa shape index (κ1) is 20.0. The first-order valence-corrected chi connectivity index (χ1v) is 9.98. The largest absolute Gasteiger partial charge is 0.497 e. The van der Waals surface area contributed by atoms with E-state index in [0.29, 0.717) is 39.4 Å². The molecule has 0 fully saturated rings. The Labute approximate surface area is 179 Å². The number of aromatic nitrogens is 1. The fraction of sp³-hybridized carbons (Fsp3) is 0.167. The molecule has 0 aliphatic carbocycles. The van der Waals surface area contributed by atoms with E-state index in [9.17, 15) is 4.79 Å². The SMILES string of the molecule is COc1cccc(C(=O)Nc2cc(-c3nc4cc(C(C)C)ccc4o3)ccc2Cl)c1. The highest BCUT2D eigenvalue weighted by Gasteiger charge is 2.14. The molecule has 6 heteroatoms. The predicted molar refractivity (Wildman–Crippen MR) is 119 cm³/mol. The lowest BCUT2D eigenvalue weighted by molar-refractivity contribution is 0.102. The van der Waals surface area contributed by atoms with Crippen molar-refractivity contribution in [1.82, 2.24) is 4.98 Å². The number of anilines is 1. The van der Waals surface area contributed by atoms with Crippen LogP contribution < -0.4 is 10.1 Å². The van der Waals surface area contributed by atoms with E-state index in [2.05, 4.69) is 24.1 Å². The molecule has 0 bridgehead atoms. The van der Waals surface area contributed by atoms with Gasteiger partial charge in [-0.2, -0.15) is 0 Å². The van der Waals surface area contributed by atoms with E-state index < -0.39 is 0 Å². The lowest BCUT2D eigenvalue weighted by Gasteiger charge is -2.09. The van der Waals surface area contributed by atoms with E-state index in [4.69, 9.17) is 20.8 Å². The van der Waals surface area contributed by atoms with Crippen LogP contribution in [0.4, 0.5) is 5.69 Å². The van der Waals surface area contributed by atoms with Crippen LogP contribution in [0.2, 0.25) is 5.02 Å². The number of nitrogens with zero attached hydrogens (tertiary/aromatic N) is 1. The molecule has 0 radical (unpaired) electrons. The molecule has 0 aliphatic rings. The highest BCUT2D eigenvalue weighted by molar-refractivity contribution is 6.34. The summed E-state index contributed by atoms with van der Waals surface area (Å²) in [6.45, 7) is 4.28. The van der Waals surface area contributed by atoms with Gasteiger partial charge in [-0.1, -0.05) is 37.6 Å². The third-order valence-electron chi connectivity index (χ3n) is 4.87. The number of halogens is 1. The molecule has 0 aliphatic heterocycles. The third-order valence-corrected chi connectivity index (χ3v) is 5.20. The molecule has 1 aromatic heterocycles. The lowest BCUT2D eigenvalue weighted by Crippen LogP contribution is -2.12. The van der Waals surface area contributed by atoms with Gasteiger partial charge >= 0.3 is 0 Å². The Morgan fingerprint density at radius 1 is 1.10 bits per heavy atom. The second-order valence-electron chi connectivity index (χ2n) is 7.28.